The second-order valence-electron chi connectivity index (χ2n) is 4.25. The lowest BCUT2D eigenvalue weighted by Gasteiger charge is -2.26. The van der Waals surface area contributed by atoms with Crippen LogP contribution in [0.1, 0.15) is 26.7 Å². The van der Waals surface area contributed by atoms with Gasteiger partial charge in [0.1, 0.15) is 5.54 Å². The summed E-state index contributed by atoms with van der Waals surface area (Å²) in [7, 11) is 0. The second-order valence-corrected chi connectivity index (χ2v) is 4.25. The van der Waals surface area contributed by atoms with Crippen molar-refractivity contribution in [2.24, 2.45) is 0 Å². The number of carboxylic acid groups (broad SMARTS) is 1. The Labute approximate surface area is 95.5 Å². The van der Waals surface area contributed by atoms with Crippen LogP contribution in [0.3, 0.4) is 0 Å². The topological polar surface area (TPSA) is 66.4 Å². The fraction of sp³-hybridized carbons (Fsp3) is 0.600. The van der Waals surface area contributed by atoms with E-state index in [1.54, 1.807) is 19.2 Å². The predicted octanol–water partition coefficient (Wildman–Crippen LogP) is 1.62. The van der Waals surface area contributed by atoms with E-state index in [-0.39, 0.29) is 12.8 Å². The molecular weight excluding hydrogens is 239 g/mol. The van der Waals surface area contributed by atoms with Crippen LogP contribution in [0.2, 0.25) is 0 Å². The number of carboxylic acids is 1. The summed E-state index contributed by atoms with van der Waals surface area (Å²) in [5, 5.41) is 10.6. The highest BCUT2D eigenvalue weighted by Crippen LogP contribution is 2.35. The van der Waals surface area contributed by atoms with Crippen molar-refractivity contribution in [3.63, 3.8) is 0 Å². The quantitative estimate of drug-likeness (QED) is 0.733. The fourth-order valence-electron chi connectivity index (χ4n) is 1.85. The molecule has 17 heavy (non-hydrogen) atoms. The minimum absolute atomic E-state index is 0.101. The van der Waals surface area contributed by atoms with Crippen LogP contribution in [0.5, 0.6) is 0 Å². The summed E-state index contributed by atoms with van der Waals surface area (Å²) < 4.78 is 36.3. The maximum absolute atomic E-state index is 12.1. The van der Waals surface area contributed by atoms with Gasteiger partial charge in [0.15, 0.2) is 0 Å². The number of aliphatic carboxylic acids is 1. The van der Waals surface area contributed by atoms with Gasteiger partial charge in [-0.15, -0.1) is 0 Å². The molecule has 0 atom stereocenters. The smallest absolute Gasteiger partial charge is 0.471 e. The first-order valence-electron chi connectivity index (χ1n) is 4.86. The number of rotatable bonds is 2. The number of hydrogen-bond acceptors (Lipinski definition) is 2. The Balaban J connectivity index is 2.92. The molecule has 1 amide bonds. The van der Waals surface area contributed by atoms with Crippen LogP contribution in [0.4, 0.5) is 13.2 Å². The van der Waals surface area contributed by atoms with Gasteiger partial charge in [0.05, 0.1) is 0 Å². The van der Waals surface area contributed by atoms with Crippen molar-refractivity contribution in [2.75, 3.05) is 0 Å². The summed E-state index contributed by atoms with van der Waals surface area (Å²) >= 11 is 0. The average Bonchev–Trinajstić information content (AvgIpc) is 2.41. The Kier molecular flexibility index (Phi) is 3.22. The van der Waals surface area contributed by atoms with Crippen molar-refractivity contribution in [1.82, 2.24) is 5.32 Å². The van der Waals surface area contributed by atoms with E-state index in [0.29, 0.717) is 11.1 Å². The third-order valence-corrected chi connectivity index (χ3v) is 2.88. The van der Waals surface area contributed by atoms with Gasteiger partial charge in [-0.2, -0.15) is 13.2 Å². The Morgan fingerprint density at radius 1 is 1.24 bits per heavy atom. The largest absolute Gasteiger partial charge is 0.479 e. The van der Waals surface area contributed by atoms with Gasteiger partial charge in [0, 0.05) is 12.8 Å². The van der Waals surface area contributed by atoms with E-state index in [4.69, 9.17) is 5.11 Å². The standard InChI is InChI=1S/C10H12F3NO3/c1-5-3-9(8(16)17,4-6(5)2)14-7(15)10(11,12)13/h3-4H2,1-2H3,(H,14,15)(H,16,17). The van der Waals surface area contributed by atoms with Gasteiger partial charge < -0.3 is 10.4 Å². The molecule has 0 aliphatic heterocycles. The van der Waals surface area contributed by atoms with Crippen molar-refractivity contribution in [3.8, 4) is 0 Å². The van der Waals surface area contributed by atoms with Crippen molar-refractivity contribution in [3.05, 3.63) is 11.1 Å². The molecule has 0 aromatic rings. The Bertz CT molecular complexity index is 384. The maximum Gasteiger partial charge on any atom is 0.471 e. The predicted molar refractivity (Wildman–Crippen MR) is 52.2 cm³/mol. The van der Waals surface area contributed by atoms with Gasteiger partial charge in [-0.1, -0.05) is 11.1 Å². The van der Waals surface area contributed by atoms with Crippen LogP contribution in [0.15, 0.2) is 11.1 Å². The van der Waals surface area contributed by atoms with E-state index in [1.165, 1.54) is 0 Å². The first kappa shape index (κ1) is 13.5. The molecule has 0 spiro atoms. The van der Waals surface area contributed by atoms with Crippen LogP contribution < -0.4 is 5.32 Å². The van der Waals surface area contributed by atoms with Crippen LogP contribution in [-0.4, -0.2) is 28.7 Å². The van der Waals surface area contributed by atoms with E-state index in [2.05, 4.69) is 0 Å². The molecule has 0 unspecified atom stereocenters. The molecule has 1 aliphatic carbocycles. The fourth-order valence-corrected chi connectivity index (χ4v) is 1.85. The van der Waals surface area contributed by atoms with Crippen molar-refractivity contribution >= 4 is 11.9 Å². The molecule has 1 rings (SSSR count). The van der Waals surface area contributed by atoms with Crippen LogP contribution in [-0.2, 0) is 9.59 Å². The lowest BCUT2D eigenvalue weighted by atomic mass is 9.94. The van der Waals surface area contributed by atoms with E-state index < -0.39 is 23.6 Å². The van der Waals surface area contributed by atoms with E-state index in [9.17, 15) is 22.8 Å². The van der Waals surface area contributed by atoms with E-state index in [0.717, 1.165) is 0 Å². The van der Waals surface area contributed by atoms with Crippen molar-refractivity contribution < 1.29 is 27.9 Å². The minimum Gasteiger partial charge on any atom is -0.479 e. The number of halogens is 3. The van der Waals surface area contributed by atoms with Crippen LogP contribution in [0, 0.1) is 0 Å². The third kappa shape index (κ3) is 2.59. The van der Waals surface area contributed by atoms with Gasteiger partial charge >= 0.3 is 18.1 Å². The normalized spacial score (nSPS) is 19.4. The SMILES string of the molecule is CC1=C(C)CC(NC(=O)C(F)(F)F)(C(=O)O)C1. The molecule has 0 saturated carbocycles. The first-order valence-corrected chi connectivity index (χ1v) is 4.86. The number of amides is 1. The second kappa shape index (κ2) is 4.05. The molecule has 96 valence electrons. The molecular formula is C10H12F3NO3. The van der Waals surface area contributed by atoms with Gasteiger partial charge in [0.25, 0.3) is 0 Å². The molecule has 0 aromatic heterocycles. The number of hydrogen-bond donors (Lipinski definition) is 2. The highest BCUT2D eigenvalue weighted by Gasteiger charge is 2.49. The van der Waals surface area contributed by atoms with Crippen molar-refractivity contribution in [1.29, 1.82) is 0 Å². The van der Waals surface area contributed by atoms with Crippen molar-refractivity contribution in [2.45, 2.75) is 38.4 Å². The van der Waals surface area contributed by atoms with Gasteiger partial charge in [-0.05, 0) is 13.8 Å². The number of carbonyl (C=O) groups excluding carboxylic acids is 1. The number of alkyl halides is 3. The summed E-state index contributed by atoms with van der Waals surface area (Å²) in [4.78, 5) is 21.9. The Hall–Kier alpha value is -1.53. The summed E-state index contributed by atoms with van der Waals surface area (Å²) in [6, 6.07) is 0. The molecule has 0 aromatic carbocycles. The molecule has 1 aliphatic rings. The lowest BCUT2D eigenvalue weighted by Crippen LogP contribution is -2.56. The van der Waals surface area contributed by atoms with Crippen LogP contribution in [0.25, 0.3) is 0 Å². The molecule has 0 heterocycles. The monoisotopic (exact) mass is 251 g/mol. The molecule has 0 bridgehead atoms. The molecule has 4 nitrogen and oxygen atoms in total. The summed E-state index contributed by atoms with van der Waals surface area (Å²) in [6.45, 7) is 3.28. The third-order valence-electron chi connectivity index (χ3n) is 2.88. The number of carbonyl (C=O) groups is 2. The zero-order valence-corrected chi connectivity index (χ0v) is 9.31. The molecule has 2 N–H and O–H groups in total. The van der Waals surface area contributed by atoms with Gasteiger partial charge in [-0.25, -0.2) is 4.79 Å². The summed E-state index contributed by atoms with van der Waals surface area (Å²) in [5.74, 6) is -3.67. The van der Waals surface area contributed by atoms with Gasteiger partial charge in [-0.3, -0.25) is 4.79 Å². The maximum atomic E-state index is 12.1. The van der Waals surface area contributed by atoms with E-state index in [1.807, 2.05) is 0 Å². The van der Waals surface area contributed by atoms with Crippen LogP contribution >= 0.6 is 0 Å². The molecule has 0 saturated heterocycles. The Morgan fingerprint density at radius 2 is 1.65 bits per heavy atom. The number of nitrogens with one attached hydrogen (secondary N) is 1. The first-order chi connectivity index (χ1) is 7.58. The summed E-state index contributed by atoms with van der Waals surface area (Å²) in [6.07, 6.45) is -5.28. The minimum atomic E-state index is -5.08. The van der Waals surface area contributed by atoms with Gasteiger partial charge in [0.2, 0.25) is 0 Å². The zero-order valence-electron chi connectivity index (χ0n) is 9.31. The molecule has 7 heteroatoms. The summed E-state index contributed by atoms with van der Waals surface area (Å²) in [5.41, 5.74) is -0.481. The zero-order chi connectivity index (χ0) is 13.4. The molecule has 0 radical (unpaired) electrons. The molecule has 0 fully saturated rings. The lowest BCUT2D eigenvalue weighted by molar-refractivity contribution is -0.177. The highest BCUT2D eigenvalue weighted by atomic mass is 19.4. The Morgan fingerprint density at radius 3 is 1.94 bits per heavy atom. The van der Waals surface area contributed by atoms with E-state index >= 15 is 0 Å². The average molecular weight is 251 g/mol. The highest BCUT2D eigenvalue weighted by molar-refractivity contribution is 5.90.